The molecule has 5 aromatic rings. The van der Waals surface area contributed by atoms with Gasteiger partial charge in [0.1, 0.15) is 23.7 Å². The third-order valence-electron chi connectivity index (χ3n) is 12.8. The van der Waals surface area contributed by atoms with Crippen LogP contribution >= 0.6 is 0 Å². The number of hydrogen-bond donors (Lipinski definition) is 4. The predicted molar refractivity (Wildman–Crippen MR) is 223 cm³/mol. The van der Waals surface area contributed by atoms with Crippen molar-refractivity contribution in [1.82, 2.24) is 45.4 Å². The van der Waals surface area contributed by atoms with Crippen LogP contribution in [0.3, 0.4) is 0 Å². The molecule has 9 rings (SSSR count). The van der Waals surface area contributed by atoms with Gasteiger partial charge in [0.15, 0.2) is 0 Å². The number of ether oxygens (including phenoxy) is 2. The Labute approximate surface area is 348 Å². The highest BCUT2D eigenvalue weighted by Crippen LogP contribution is 2.54. The maximum Gasteiger partial charge on any atom is 0.407 e. The van der Waals surface area contributed by atoms with Gasteiger partial charge < -0.3 is 39.9 Å². The minimum Gasteiger partial charge on any atom is -0.453 e. The van der Waals surface area contributed by atoms with Crippen LogP contribution in [0.25, 0.3) is 44.7 Å². The third kappa shape index (κ3) is 7.23. The smallest absolute Gasteiger partial charge is 0.407 e. The summed E-state index contributed by atoms with van der Waals surface area (Å²) in [5.74, 6) is 1.92. The van der Waals surface area contributed by atoms with E-state index in [2.05, 4.69) is 63.1 Å². The molecule has 4 fully saturated rings. The molecule has 15 heteroatoms. The number of pyridine rings is 1. The van der Waals surface area contributed by atoms with Crippen LogP contribution in [0.1, 0.15) is 77.1 Å². The van der Waals surface area contributed by atoms with Crippen molar-refractivity contribution in [2.45, 2.75) is 89.6 Å². The van der Waals surface area contributed by atoms with Crippen molar-refractivity contribution in [1.29, 1.82) is 0 Å². The van der Waals surface area contributed by atoms with Crippen molar-refractivity contribution in [3.05, 3.63) is 78.6 Å². The fourth-order valence-corrected chi connectivity index (χ4v) is 9.34. The lowest BCUT2D eigenvalue weighted by Crippen LogP contribution is -2.52. The van der Waals surface area contributed by atoms with Crippen molar-refractivity contribution >= 4 is 34.9 Å². The molecular weight excluding hydrogens is 763 g/mol. The summed E-state index contributed by atoms with van der Waals surface area (Å²) < 4.78 is 9.60. The van der Waals surface area contributed by atoms with Gasteiger partial charge in [-0.3, -0.25) is 9.59 Å². The number of piperidine rings is 2. The number of carbonyl (C=O) groups excluding carboxylic acids is 4. The molecule has 312 valence electrons. The zero-order valence-corrected chi connectivity index (χ0v) is 34.6. The van der Waals surface area contributed by atoms with Crippen molar-refractivity contribution in [3.8, 4) is 33.8 Å². The van der Waals surface area contributed by atoms with Gasteiger partial charge >= 0.3 is 12.2 Å². The van der Waals surface area contributed by atoms with E-state index in [9.17, 15) is 19.2 Å². The summed E-state index contributed by atoms with van der Waals surface area (Å²) >= 11 is 0. The second kappa shape index (κ2) is 15.4. The number of rotatable bonds is 11. The molecule has 60 heavy (non-hydrogen) atoms. The van der Waals surface area contributed by atoms with E-state index in [4.69, 9.17) is 24.4 Å². The predicted octanol–water partition coefficient (Wildman–Crippen LogP) is 6.77. The first-order valence-corrected chi connectivity index (χ1v) is 20.9. The number of benzene rings is 2. The van der Waals surface area contributed by atoms with Crippen molar-refractivity contribution < 1.29 is 28.7 Å². The van der Waals surface area contributed by atoms with Gasteiger partial charge in [0, 0.05) is 17.5 Å². The van der Waals surface area contributed by atoms with Crippen molar-refractivity contribution in [3.63, 3.8) is 0 Å². The van der Waals surface area contributed by atoms with Crippen LogP contribution in [-0.2, 0) is 19.1 Å². The summed E-state index contributed by atoms with van der Waals surface area (Å²) in [4.78, 5) is 77.0. The number of methoxy groups -OCH3 is 2. The largest absolute Gasteiger partial charge is 0.453 e. The molecule has 4 aliphatic rings. The number of H-pyrrole nitrogens is 2. The van der Waals surface area contributed by atoms with Crippen LogP contribution in [0.2, 0.25) is 0 Å². The number of aromatic amines is 2. The van der Waals surface area contributed by atoms with Crippen LogP contribution in [0.4, 0.5) is 9.59 Å². The quantitative estimate of drug-likeness (QED) is 0.112. The maximum absolute atomic E-state index is 13.8. The Balaban J connectivity index is 0.880. The number of alkyl carbamates (subject to hydrolysis) is 2. The summed E-state index contributed by atoms with van der Waals surface area (Å²) in [6, 6.07) is 17.1. The minimum atomic E-state index is -0.690. The number of aromatic nitrogens is 5. The second-order valence-corrected chi connectivity index (χ2v) is 17.4. The summed E-state index contributed by atoms with van der Waals surface area (Å²) in [5.41, 5.74) is 6.34. The molecule has 2 saturated carbocycles. The van der Waals surface area contributed by atoms with Gasteiger partial charge in [-0.05, 0) is 84.2 Å². The van der Waals surface area contributed by atoms with Gasteiger partial charge in [-0.1, -0.05) is 64.1 Å². The van der Waals surface area contributed by atoms with Gasteiger partial charge in [-0.25, -0.2) is 24.5 Å². The molecule has 3 aromatic heterocycles. The molecule has 0 spiro atoms. The Hall–Kier alpha value is -6.25. The van der Waals surface area contributed by atoms with E-state index in [0.29, 0.717) is 11.8 Å². The number of likely N-dealkylation sites (tertiary alicyclic amines) is 2. The number of amides is 4. The average molecular weight is 814 g/mol. The molecule has 2 aliphatic carbocycles. The number of hydrogen-bond acceptors (Lipinski definition) is 9. The lowest BCUT2D eigenvalue weighted by Gasteiger charge is -2.31. The van der Waals surface area contributed by atoms with E-state index in [1.807, 2.05) is 55.8 Å². The molecule has 5 heterocycles. The van der Waals surface area contributed by atoms with Gasteiger partial charge in [0.25, 0.3) is 0 Å². The second-order valence-electron chi connectivity index (χ2n) is 17.4. The topological polar surface area (TPSA) is 188 Å². The van der Waals surface area contributed by atoms with Crippen molar-refractivity contribution in [2.75, 3.05) is 14.2 Å². The Morgan fingerprint density at radius 3 is 1.68 bits per heavy atom. The Morgan fingerprint density at radius 1 is 0.650 bits per heavy atom. The average Bonchev–Trinajstić information content (AvgIpc) is 3.83. The third-order valence-corrected chi connectivity index (χ3v) is 12.8. The number of nitrogens with one attached hydrogen (secondary N) is 4. The number of imidazole rings is 2. The van der Waals surface area contributed by atoms with E-state index in [1.54, 1.807) is 6.20 Å². The normalized spacial score (nSPS) is 23.6. The summed E-state index contributed by atoms with van der Waals surface area (Å²) in [7, 11) is 2.60. The van der Waals surface area contributed by atoms with E-state index in [1.165, 1.54) is 14.2 Å². The molecule has 4 N–H and O–H groups in total. The molecule has 15 nitrogen and oxygen atoms in total. The summed E-state index contributed by atoms with van der Waals surface area (Å²) in [6.07, 6.45) is 5.97. The lowest BCUT2D eigenvalue weighted by atomic mass is 10.0. The van der Waals surface area contributed by atoms with E-state index >= 15 is 0 Å². The molecular formula is C45H51N9O6. The van der Waals surface area contributed by atoms with Crippen LogP contribution < -0.4 is 10.6 Å². The SMILES string of the molecule is COC(=O)NC(C(=O)N1[C@@H]2C[C@@H]2C[C@H]1c1ncc(-c2ccc3cc(-c4ccc(-c5cnc([C@@H]6C[C@H]7C[C@H]7N6C(=O)[C@@H](NC(=O)OC)C(C)C)[nH]5)cc4)ccc3n2)[nH]1)C(C)C. The highest BCUT2D eigenvalue weighted by atomic mass is 16.5. The zero-order chi connectivity index (χ0) is 42.0. The molecule has 2 saturated heterocycles. The van der Waals surface area contributed by atoms with Gasteiger partial charge in [-0.15, -0.1) is 0 Å². The van der Waals surface area contributed by atoms with Crippen molar-refractivity contribution in [2.24, 2.45) is 23.7 Å². The first-order chi connectivity index (χ1) is 28.9. The van der Waals surface area contributed by atoms with Gasteiger partial charge in [0.2, 0.25) is 11.8 Å². The maximum atomic E-state index is 13.8. The standard InChI is InChI=1S/C45H51N9O6/c1-22(2)38(51-44(57)59-5)42(55)53-34-16-28(34)18-36(53)40-46-20-32(49-40)25-9-7-24(8-10-25)26-11-13-30-27(15-26)12-14-31(48-30)33-21-47-41(50-33)37-19-29-17-35(29)54(37)43(56)39(23(3)4)52-45(58)60-6/h7-15,20-23,28-29,34-39H,16-19H2,1-6H3,(H,46,49)(H,47,50)(H,51,57)(H,52,58)/t28-,29-,34-,35-,36+,37+,38+,39?/m1/s1. The Morgan fingerprint density at radius 2 is 1.15 bits per heavy atom. The molecule has 0 bridgehead atoms. The Bertz CT molecular complexity index is 2460. The molecule has 0 radical (unpaired) electrons. The van der Waals surface area contributed by atoms with Crippen LogP contribution in [0.15, 0.2) is 67.0 Å². The molecule has 4 amide bonds. The van der Waals surface area contributed by atoms with Crippen LogP contribution in [-0.4, -0.2) is 97.1 Å². The summed E-state index contributed by atoms with van der Waals surface area (Å²) in [5, 5.41) is 6.47. The van der Waals surface area contributed by atoms with Gasteiger partial charge in [0.05, 0.1) is 61.3 Å². The van der Waals surface area contributed by atoms with E-state index < -0.39 is 24.3 Å². The highest BCUT2D eigenvalue weighted by molar-refractivity contribution is 5.89. The molecule has 2 aliphatic heterocycles. The Kier molecular flexibility index (Phi) is 10.1. The minimum absolute atomic E-state index is 0.100. The fourth-order valence-electron chi connectivity index (χ4n) is 9.34. The fraction of sp³-hybridized carbons (Fsp3) is 0.444. The number of fused-ring (bicyclic) bond motifs is 3. The first kappa shape index (κ1) is 39.2. The van der Waals surface area contributed by atoms with Crippen LogP contribution in [0.5, 0.6) is 0 Å². The molecule has 8 atom stereocenters. The highest BCUT2D eigenvalue weighted by Gasteiger charge is 2.57. The summed E-state index contributed by atoms with van der Waals surface area (Å²) in [6.45, 7) is 7.67. The lowest BCUT2D eigenvalue weighted by molar-refractivity contribution is -0.137. The first-order valence-electron chi connectivity index (χ1n) is 20.9. The van der Waals surface area contributed by atoms with Gasteiger partial charge in [-0.2, -0.15) is 0 Å². The number of carbonyl (C=O) groups is 4. The zero-order valence-electron chi connectivity index (χ0n) is 34.6. The number of nitrogens with zero attached hydrogens (tertiary/aromatic N) is 5. The molecule has 2 aromatic carbocycles. The van der Waals surface area contributed by atoms with Crippen LogP contribution in [0, 0.1) is 23.7 Å². The van der Waals surface area contributed by atoms with E-state index in [0.717, 1.165) is 82.0 Å². The molecule has 1 unspecified atom stereocenters. The van der Waals surface area contributed by atoms with E-state index in [-0.39, 0.29) is 47.8 Å². The monoisotopic (exact) mass is 813 g/mol.